The zero-order chi connectivity index (χ0) is 19.9. The maximum Gasteiger partial charge on any atom is 0.191 e. The van der Waals surface area contributed by atoms with Crippen LogP contribution in [0.4, 0.5) is 0 Å². The minimum absolute atomic E-state index is 0.623. The van der Waals surface area contributed by atoms with Gasteiger partial charge in [0.05, 0.1) is 10.7 Å². The highest BCUT2D eigenvalue weighted by Gasteiger charge is 2.28. The lowest BCUT2D eigenvalue weighted by molar-refractivity contribution is 0.255. The molecule has 2 aromatic rings. The van der Waals surface area contributed by atoms with E-state index in [2.05, 4.69) is 76.6 Å². The first-order chi connectivity index (χ1) is 13.5. The Hall–Kier alpha value is -1.92. The van der Waals surface area contributed by atoms with Gasteiger partial charge in [-0.25, -0.2) is 4.98 Å². The Morgan fingerprint density at radius 1 is 1.25 bits per heavy atom. The maximum absolute atomic E-state index is 4.61. The molecule has 2 N–H and O–H groups in total. The molecule has 2 heterocycles. The quantitative estimate of drug-likeness (QED) is 0.554. The number of aliphatic imine (C=N–C) groups is 1. The Morgan fingerprint density at radius 2 is 2.04 bits per heavy atom. The average molecular weight is 400 g/mol. The van der Waals surface area contributed by atoms with Gasteiger partial charge in [-0.3, -0.25) is 9.89 Å². The molecule has 1 aromatic heterocycles. The summed E-state index contributed by atoms with van der Waals surface area (Å²) in [6, 6.07) is 11.4. The van der Waals surface area contributed by atoms with Crippen LogP contribution in [0.3, 0.4) is 0 Å². The summed E-state index contributed by atoms with van der Waals surface area (Å²) in [5.74, 6) is 1.54. The van der Waals surface area contributed by atoms with Gasteiger partial charge in [0.2, 0.25) is 0 Å². The second kappa shape index (κ2) is 10.0. The van der Waals surface area contributed by atoms with Crippen molar-refractivity contribution in [2.45, 2.75) is 46.2 Å². The summed E-state index contributed by atoms with van der Waals surface area (Å²) in [7, 11) is 1.84. The van der Waals surface area contributed by atoms with E-state index in [0.717, 1.165) is 44.3 Å². The fourth-order valence-electron chi connectivity index (χ4n) is 3.80. The Morgan fingerprint density at radius 3 is 2.71 bits per heavy atom. The van der Waals surface area contributed by atoms with E-state index in [1.54, 1.807) is 11.3 Å². The van der Waals surface area contributed by atoms with Crippen molar-refractivity contribution in [2.24, 2.45) is 10.9 Å². The third kappa shape index (κ3) is 5.79. The lowest BCUT2D eigenvalue weighted by Crippen LogP contribution is -2.41. The zero-order valence-electron chi connectivity index (χ0n) is 17.5. The SMILES string of the molecule is CN=C(NCCc1nc(C)c(C)s1)NCC1CC(C)N(Cc2ccccc2)C1. The molecule has 6 heteroatoms. The summed E-state index contributed by atoms with van der Waals surface area (Å²) in [4.78, 5) is 12.9. The van der Waals surface area contributed by atoms with Crippen molar-refractivity contribution in [3.63, 3.8) is 0 Å². The largest absolute Gasteiger partial charge is 0.356 e. The smallest absolute Gasteiger partial charge is 0.191 e. The molecule has 0 bridgehead atoms. The van der Waals surface area contributed by atoms with Gasteiger partial charge in [0.1, 0.15) is 0 Å². The normalized spacial score (nSPS) is 20.5. The summed E-state index contributed by atoms with van der Waals surface area (Å²) in [6.07, 6.45) is 2.17. The molecular formula is C22H33N5S. The van der Waals surface area contributed by atoms with E-state index in [9.17, 15) is 0 Å². The highest BCUT2D eigenvalue weighted by atomic mass is 32.1. The van der Waals surface area contributed by atoms with Gasteiger partial charge in [-0.1, -0.05) is 30.3 Å². The van der Waals surface area contributed by atoms with Gasteiger partial charge in [0.25, 0.3) is 0 Å². The summed E-state index contributed by atoms with van der Waals surface area (Å²) >= 11 is 1.79. The van der Waals surface area contributed by atoms with Crippen LogP contribution in [0.2, 0.25) is 0 Å². The van der Waals surface area contributed by atoms with Crippen molar-refractivity contribution < 1.29 is 0 Å². The maximum atomic E-state index is 4.61. The van der Waals surface area contributed by atoms with Crippen LogP contribution >= 0.6 is 11.3 Å². The second-order valence-electron chi connectivity index (χ2n) is 7.74. The zero-order valence-corrected chi connectivity index (χ0v) is 18.4. The van der Waals surface area contributed by atoms with Crippen LogP contribution in [0.1, 0.15) is 34.5 Å². The molecule has 1 aliphatic heterocycles. The average Bonchev–Trinajstić information content (AvgIpc) is 3.20. The number of hydrogen-bond acceptors (Lipinski definition) is 4. The molecule has 1 saturated heterocycles. The van der Waals surface area contributed by atoms with E-state index < -0.39 is 0 Å². The van der Waals surface area contributed by atoms with Crippen molar-refractivity contribution in [2.75, 3.05) is 26.7 Å². The number of benzene rings is 1. The Balaban J connectivity index is 1.40. The molecule has 0 saturated carbocycles. The number of aromatic nitrogens is 1. The third-order valence-corrected chi connectivity index (χ3v) is 6.64. The van der Waals surface area contributed by atoms with E-state index in [1.165, 1.54) is 21.9 Å². The van der Waals surface area contributed by atoms with Crippen LogP contribution in [0.15, 0.2) is 35.3 Å². The van der Waals surface area contributed by atoms with E-state index >= 15 is 0 Å². The minimum Gasteiger partial charge on any atom is -0.356 e. The molecule has 0 amide bonds. The van der Waals surface area contributed by atoms with Gasteiger partial charge in [-0.05, 0) is 38.7 Å². The van der Waals surface area contributed by atoms with Gasteiger partial charge in [0.15, 0.2) is 5.96 Å². The first-order valence-electron chi connectivity index (χ1n) is 10.2. The number of nitrogens with one attached hydrogen (secondary N) is 2. The first-order valence-corrected chi connectivity index (χ1v) is 11.0. The fourth-order valence-corrected chi connectivity index (χ4v) is 4.73. The fraction of sp³-hybridized carbons (Fsp3) is 0.545. The topological polar surface area (TPSA) is 52.6 Å². The van der Waals surface area contributed by atoms with Gasteiger partial charge in [-0.2, -0.15) is 0 Å². The van der Waals surface area contributed by atoms with E-state index in [4.69, 9.17) is 0 Å². The first kappa shape index (κ1) is 20.8. The number of hydrogen-bond donors (Lipinski definition) is 2. The van der Waals surface area contributed by atoms with Crippen molar-refractivity contribution in [3.05, 3.63) is 51.5 Å². The predicted octanol–water partition coefficient (Wildman–Crippen LogP) is 3.38. The van der Waals surface area contributed by atoms with E-state index in [0.29, 0.717) is 12.0 Å². The summed E-state index contributed by atoms with van der Waals surface area (Å²) in [6.45, 7) is 10.5. The highest BCUT2D eigenvalue weighted by Crippen LogP contribution is 2.24. The molecule has 1 aromatic carbocycles. The highest BCUT2D eigenvalue weighted by molar-refractivity contribution is 7.11. The lowest BCUT2D eigenvalue weighted by Gasteiger charge is -2.21. The molecule has 2 atom stereocenters. The molecular weight excluding hydrogens is 366 g/mol. The minimum atomic E-state index is 0.623. The van der Waals surface area contributed by atoms with Crippen molar-refractivity contribution in [1.82, 2.24) is 20.5 Å². The molecule has 1 fully saturated rings. The molecule has 0 aliphatic carbocycles. The molecule has 0 radical (unpaired) electrons. The Kier molecular flexibility index (Phi) is 7.45. The van der Waals surface area contributed by atoms with Crippen LogP contribution in [0.5, 0.6) is 0 Å². The lowest BCUT2D eigenvalue weighted by atomic mass is 10.1. The number of nitrogens with zero attached hydrogens (tertiary/aromatic N) is 3. The van der Waals surface area contributed by atoms with Crippen LogP contribution in [0, 0.1) is 19.8 Å². The second-order valence-corrected chi connectivity index (χ2v) is 9.03. The Bertz CT molecular complexity index is 751. The van der Waals surface area contributed by atoms with Crippen LogP contribution in [-0.4, -0.2) is 48.6 Å². The van der Waals surface area contributed by atoms with Gasteiger partial charge in [-0.15, -0.1) is 11.3 Å². The number of aryl methyl sites for hydroxylation is 2. The van der Waals surface area contributed by atoms with Gasteiger partial charge >= 0.3 is 0 Å². The number of guanidine groups is 1. The van der Waals surface area contributed by atoms with Crippen LogP contribution < -0.4 is 10.6 Å². The molecule has 1 aliphatic rings. The third-order valence-electron chi connectivity index (χ3n) is 5.50. The number of likely N-dealkylation sites (tertiary alicyclic amines) is 1. The van der Waals surface area contributed by atoms with Gasteiger partial charge in [0, 0.05) is 50.6 Å². The summed E-state index contributed by atoms with van der Waals surface area (Å²) < 4.78 is 0. The van der Waals surface area contributed by atoms with E-state index in [1.807, 2.05) is 7.05 Å². The number of thiazole rings is 1. The van der Waals surface area contributed by atoms with Crippen molar-refractivity contribution in [3.8, 4) is 0 Å². The van der Waals surface area contributed by atoms with Crippen LogP contribution in [0.25, 0.3) is 0 Å². The molecule has 152 valence electrons. The molecule has 28 heavy (non-hydrogen) atoms. The standard InChI is InChI=1S/C22H33N5S/c1-16-12-20(15-27(16)14-19-8-6-5-7-9-19)13-25-22(23-4)24-11-10-21-26-17(2)18(3)28-21/h5-9,16,20H,10-15H2,1-4H3,(H2,23,24,25). The monoisotopic (exact) mass is 399 g/mol. The Labute approximate surface area is 173 Å². The van der Waals surface area contributed by atoms with Crippen molar-refractivity contribution >= 4 is 17.3 Å². The molecule has 0 spiro atoms. The molecule has 5 nitrogen and oxygen atoms in total. The van der Waals surface area contributed by atoms with Gasteiger partial charge < -0.3 is 10.6 Å². The predicted molar refractivity (Wildman–Crippen MR) is 119 cm³/mol. The summed E-state index contributed by atoms with van der Waals surface area (Å²) in [5.41, 5.74) is 2.55. The van der Waals surface area contributed by atoms with Crippen molar-refractivity contribution in [1.29, 1.82) is 0 Å². The molecule has 3 rings (SSSR count). The summed E-state index contributed by atoms with van der Waals surface area (Å²) in [5, 5.41) is 8.13. The molecule has 2 unspecified atom stereocenters. The van der Waals surface area contributed by atoms with Crippen LogP contribution in [-0.2, 0) is 13.0 Å². The van der Waals surface area contributed by atoms with E-state index in [-0.39, 0.29) is 0 Å². The number of rotatable bonds is 7.